The standard InChI is InChI=1S/C9H7F6NO/c10-8(11,12)6(17)4-5-2-1-3-16-7(5)9(13,14)15/h1-3,6,17H,4H2. The molecule has 1 unspecified atom stereocenters. The van der Waals surface area contributed by atoms with Crippen LogP contribution < -0.4 is 0 Å². The highest BCUT2D eigenvalue weighted by atomic mass is 19.4. The van der Waals surface area contributed by atoms with Crippen LogP contribution in [0.2, 0.25) is 0 Å². The molecule has 0 fully saturated rings. The predicted octanol–water partition coefficient (Wildman–Crippen LogP) is 2.57. The van der Waals surface area contributed by atoms with Gasteiger partial charge in [-0.2, -0.15) is 26.3 Å². The van der Waals surface area contributed by atoms with E-state index in [4.69, 9.17) is 5.11 Å². The van der Waals surface area contributed by atoms with E-state index < -0.39 is 36.1 Å². The second-order valence-electron chi connectivity index (χ2n) is 3.27. The zero-order valence-corrected chi connectivity index (χ0v) is 8.18. The number of rotatable bonds is 2. The third kappa shape index (κ3) is 3.58. The number of nitrogens with zero attached hydrogens (tertiary/aromatic N) is 1. The van der Waals surface area contributed by atoms with Crippen molar-refractivity contribution in [2.24, 2.45) is 0 Å². The van der Waals surface area contributed by atoms with E-state index in [1.165, 1.54) is 0 Å². The summed E-state index contributed by atoms with van der Waals surface area (Å²) in [6.07, 6.45) is -13.0. The molecule has 0 aromatic carbocycles. The third-order valence-corrected chi connectivity index (χ3v) is 1.95. The van der Waals surface area contributed by atoms with Crippen LogP contribution in [0.3, 0.4) is 0 Å². The molecule has 0 saturated carbocycles. The zero-order chi connectivity index (χ0) is 13.3. The number of aromatic nitrogens is 1. The minimum atomic E-state index is -4.96. The van der Waals surface area contributed by atoms with Gasteiger partial charge in [0.15, 0.2) is 6.10 Å². The minimum Gasteiger partial charge on any atom is -0.383 e. The van der Waals surface area contributed by atoms with Gasteiger partial charge in [-0.05, 0) is 11.6 Å². The van der Waals surface area contributed by atoms with Gasteiger partial charge in [0.2, 0.25) is 0 Å². The summed E-state index contributed by atoms with van der Waals surface area (Å²) >= 11 is 0. The van der Waals surface area contributed by atoms with Gasteiger partial charge in [0.25, 0.3) is 0 Å². The van der Waals surface area contributed by atoms with Crippen molar-refractivity contribution in [3.63, 3.8) is 0 Å². The van der Waals surface area contributed by atoms with Crippen LogP contribution in [0.5, 0.6) is 0 Å². The van der Waals surface area contributed by atoms with Crippen molar-refractivity contribution in [1.82, 2.24) is 4.98 Å². The predicted molar refractivity (Wildman–Crippen MR) is 45.0 cm³/mol. The van der Waals surface area contributed by atoms with Crippen molar-refractivity contribution in [2.45, 2.75) is 24.9 Å². The first-order chi connectivity index (χ1) is 7.62. The molecule has 1 heterocycles. The van der Waals surface area contributed by atoms with Crippen molar-refractivity contribution in [2.75, 3.05) is 0 Å². The van der Waals surface area contributed by atoms with Crippen molar-refractivity contribution in [1.29, 1.82) is 0 Å². The van der Waals surface area contributed by atoms with Crippen LogP contribution >= 0.6 is 0 Å². The minimum absolute atomic E-state index is 0.690. The van der Waals surface area contributed by atoms with E-state index in [1.54, 1.807) is 0 Å². The largest absolute Gasteiger partial charge is 0.433 e. The maximum absolute atomic E-state index is 12.4. The Hall–Kier alpha value is -1.31. The molecular formula is C9H7F6NO. The van der Waals surface area contributed by atoms with Gasteiger partial charge in [-0.1, -0.05) is 6.07 Å². The summed E-state index contributed by atoms with van der Waals surface area (Å²) in [6.45, 7) is 0. The van der Waals surface area contributed by atoms with E-state index in [1.807, 2.05) is 0 Å². The molecule has 1 atom stereocenters. The fourth-order valence-electron chi connectivity index (χ4n) is 1.18. The smallest absolute Gasteiger partial charge is 0.383 e. The lowest BCUT2D eigenvalue weighted by molar-refractivity contribution is -0.203. The molecule has 1 N–H and O–H groups in total. The Balaban J connectivity index is 3.00. The van der Waals surface area contributed by atoms with Crippen LogP contribution in [-0.2, 0) is 12.6 Å². The fraction of sp³-hybridized carbons (Fsp3) is 0.444. The second kappa shape index (κ2) is 4.52. The summed E-state index contributed by atoms with van der Waals surface area (Å²) in [5, 5.41) is 8.71. The zero-order valence-electron chi connectivity index (χ0n) is 8.18. The Morgan fingerprint density at radius 3 is 2.24 bits per heavy atom. The normalized spacial score (nSPS) is 14.8. The number of alkyl halides is 6. The van der Waals surface area contributed by atoms with Crippen LogP contribution in [0.4, 0.5) is 26.3 Å². The molecule has 8 heteroatoms. The quantitative estimate of drug-likeness (QED) is 0.828. The first-order valence-corrected chi connectivity index (χ1v) is 4.38. The maximum Gasteiger partial charge on any atom is 0.433 e. The van der Waals surface area contributed by atoms with Crippen LogP contribution in [0.1, 0.15) is 11.3 Å². The van der Waals surface area contributed by atoms with E-state index in [0.717, 1.165) is 18.3 Å². The average molecular weight is 259 g/mol. The molecule has 1 aromatic rings. The maximum atomic E-state index is 12.4. The second-order valence-corrected chi connectivity index (χ2v) is 3.27. The highest BCUT2D eigenvalue weighted by Gasteiger charge is 2.41. The van der Waals surface area contributed by atoms with Gasteiger partial charge in [-0.3, -0.25) is 4.98 Å². The van der Waals surface area contributed by atoms with Crippen molar-refractivity contribution in [3.8, 4) is 0 Å². The molecule has 0 aliphatic heterocycles. The SMILES string of the molecule is OC(Cc1cccnc1C(F)(F)F)C(F)(F)F. The topological polar surface area (TPSA) is 33.1 Å². The molecule has 0 aliphatic carbocycles. The Bertz CT molecular complexity index is 386. The monoisotopic (exact) mass is 259 g/mol. The molecule has 2 nitrogen and oxygen atoms in total. The molecule has 1 rings (SSSR count). The fourth-order valence-corrected chi connectivity index (χ4v) is 1.18. The Kier molecular flexibility index (Phi) is 3.65. The number of hydrogen-bond donors (Lipinski definition) is 1. The molecule has 0 saturated heterocycles. The Morgan fingerprint density at radius 2 is 1.76 bits per heavy atom. The van der Waals surface area contributed by atoms with Crippen LogP contribution in [0.25, 0.3) is 0 Å². The molecule has 0 amide bonds. The lowest BCUT2D eigenvalue weighted by atomic mass is 10.1. The Morgan fingerprint density at radius 1 is 1.18 bits per heavy atom. The first-order valence-electron chi connectivity index (χ1n) is 4.38. The molecule has 0 radical (unpaired) electrons. The van der Waals surface area contributed by atoms with E-state index in [9.17, 15) is 26.3 Å². The number of aliphatic hydroxyl groups is 1. The van der Waals surface area contributed by atoms with Crippen LogP contribution in [-0.4, -0.2) is 22.4 Å². The van der Waals surface area contributed by atoms with Gasteiger partial charge < -0.3 is 5.11 Å². The van der Waals surface area contributed by atoms with Gasteiger partial charge in [-0.25, -0.2) is 0 Å². The molecule has 1 aromatic heterocycles. The molecule has 0 bridgehead atoms. The Labute approximate surface area is 91.9 Å². The molecule has 0 spiro atoms. The van der Waals surface area contributed by atoms with Crippen LogP contribution in [0.15, 0.2) is 18.3 Å². The number of pyridine rings is 1. The van der Waals surface area contributed by atoms with Gasteiger partial charge in [0.05, 0.1) is 0 Å². The summed E-state index contributed by atoms with van der Waals surface area (Å²) in [4.78, 5) is 2.98. The summed E-state index contributed by atoms with van der Waals surface area (Å²) in [6, 6.07) is 1.93. The third-order valence-electron chi connectivity index (χ3n) is 1.95. The summed E-state index contributed by atoms with van der Waals surface area (Å²) in [5.74, 6) is 0. The molecular weight excluding hydrogens is 252 g/mol. The molecule has 17 heavy (non-hydrogen) atoms. The highest BCUT2D eigenvalue weighted by molar-refractivity contribution is 5.23. The number of hydrogen-bond acceptors (Lipinski definition) is 2. The summed E-state index contributed by atoms with van der Waals surface area (Å²) in [7, 11) is 0. The van der Waals surface area contributed by atoms with Crippen molar-refractivity contribution >= 4 is 0 Å². The van der Waals surface area contributed by atoms with E-state index >= 15 is 0 Å². The van der Waals surface area contributed by atoms with Gasteiger partial charge in [0, 0.05) is 12.6 Å². The average Bonchev–Trinajstić information content (AvgIpc) is 2.15. The number of aliphatic hydroxyl groups excluding tert-OH is 1. The highest BCUT2D eigenvalue weighted by Crippen LogP contribution is 2.32. The van der Waals surface area contributed by atoms with Crippen LogP contribution in [0, 0.1) is 0 Å². The summed E-state index contributed by atoms with van der Waals surface area (Å²) < 4.78 is 73.1. The van der Waals surface area contributed by atoms with Gasteiger partial charge >= 0.3 is 12.4 Å². The lowest BCUT2D eigenvalue weighted by Crippen LogP contribution is -2.31. The lowest BCUT2D eigenvalue weighted by Gasteiger charge is -2.17. The molecule has 96 valence electrons. The van der Waals surface area contributed by atoms with Gasteiger partial charge in [-0.15, -0.1) is 0 Å². The number of halogens is 6. The first kappa shape index (κ1) is 13.8. The van der Waals surface area contributed by atoms with Crippen molar-refractivity contribution in [3.05, 3.63) is 29.6 Å². The van der Waals surface area contributed by atoms with E-state index in [-0.39, 0.29) is 0 Å². The van der Waals surface area contributed by atoms with Crippen molar-refractivity contribution < 1.29 is 31.4 Å². The van der Waals surface area contributed by atoms with Gasteiger partial charge in [0.1, 0.15) is 5.69 Å². The van der Waals surface area contributed by atoms with E-state index in [2.05, 4.69) is 4.98 Å². The summed E-state index contributed by atoms with van der Waals surface area (Å²) in [5.41, 5.74) is -2.10. The van der Waals surface area contributed by atoms with E-state index in [0.29, 0.717) is 0 Å². The molecule has 0 aliphatic rings.